The molecule has 0 bridgehead atoms. The maximum absolute atomic E-state index is 6.35. The molecule has 158 valence electrons. The largest absolute Gasteiger partial charge is 0.496 e. The van der Waals surface area contributed by atoms with Gasteiger partial charge in [-0.25, -0.2) is 0 Å². The molecule has 1 heterocycles. The first-order valence-corrected chi connectivity index (χ1v) is 10.7. The van der Waals surface area contributed by atoms with Gasteiger partial charge in [0.1, 0.15) is 17.1 Å². The normalized spacial score (nSPS) is 10.9. The molecule has 0 amide bonds. The van der Waals surface area contributed by atoms with Crippen LogP contribution in [0, 0.1) is 0 Å². The summed E-state index contributed by atoms with van der Waals surface area (Å²) in [6.45, 7) is 1.60. The van der Waals surface area contributed by atoms with Crippen molar-refractivity contribution in [2.45, 2.75) is 19.6 Å². The van der Waals surface area contributed by atoms with Crippen molar-refractivity contribution in [2.24, 2.45) is 0 Å². The van der Waals surface area contributed by atoms with Gasteiger partial charge in [0.2, 0.25) is 0 Å². The van der Waals surface area contributed by atoms with Crippen molar-refractivity contribution in [2.75, 3.05) is 7.11 Å². The Morgan fingerprint density at radius 1 is 0.839 bits per heavy atom. The molecular weight excluding hydrogens is 431 g/mol. The second-order valence-corrected chi connectivity index (χ2v) is 7.82. The summed E-state index contributed by atoms with van der Waals surface area (Å²) in [6, 6.07) is 23.4. The molecule has 1 N–H and O–H groups in total. The molecule has 4 aromatic rings. The van der Waals surface area contributed by atoms with Crippen LogP contribution in [0.4, 0.5) is 0 Å². The molecule has 0 spiro atoms. The maximum atomic E-state index is 6.35. The van der Waals surface area contributed by atoms with E-state index >= 15 is 0 Å². The van der Waals surface area contributed by atoms with Crippen molar-refractivity contribution < 1.29 is 4.74 Å². The summed E-state index contributed by atoms with van der Waals surface area (Å²) in [5.41, 5.74) is 4.57. The lowest BCUT2D eigenvalue weighted by Gasteiger charge is -2.09. The number of rotatable bonds is 8. The number of hydrogen-bond acceptors (Lipinski definition) is 4. The molecule has 0 aliphatic rings. The fraction of sp³-hybridized carbons (Fsp3) is 0.167. The highest BCUT2D eigenvalue weighted by atomic mass is 35.5. The van der Waals surface area contributed by atoms with Gasteiger partial charge in [-0.05, 0) is 18.2 Å². The number of aromatic nitrogens is 3. The number of nitrogens with zero attached hydrogens (tertiary/aromatic N) is 3. The van der Waals surface area contributed by atoms with E-state index in [4.69, 9.17) is 38.1 Å². The fourth-order valence-electron chi connectivity index (χ4n) is 3.38. The van der Waals surface area contributed by atoms with E-state index in [1.54, 1.807) is 11.9 Å². The molecule has 0 fully saturated rings. The molecule has 0 saturated heterocycles. The summed E-state index contributed by atoms with van der Waals surface area (Å²) in [5, 5.41) is 14.1. The Balaban J connectivity index is 1.58. The molecule has 7 heteroatoms. The fourth-order valence-corrected chi connectivity index (χ4v) is 3.90. The monoisotopic (exact) mass is 452 g/mol. The molecule has 31 heavy (non-hydrogen) atoms. The summed E-state index contributed by atoms with van der Waals surface area (Å²) >= 11 is 12.7. The van der Waals surface area contributed by atoms with Crippen LogP contribution in [0.1, 0.15) is 16.8 Å². The van der Waals surface area contributed by atoms with Gasteiger partial charge in [-0.15, -0.1) is 0 Å². The van der Waals surface area contributed by atoms with Crippen molar-refractivity contribution in [1.29, 1.82) is 0 Å². The first-order valence-electron chi connectivity index (χ1n) is 9.90. The van der Waals surface area contributed by atoms with Crippen LogP contribution in [-0.2, 0) is 19.6 Å². The van der Waals surface area contributed by atoms with Gasteiger partial charge in [-0.3, -0.25) is 0 Å². The zero-order valence-electron chi connectivity index (χ0n) is 17.1. The Bertz CT molecular complexity index is 1140. The third kappa shape index (κ3) is 5.07. The molecule has 0 saturated carbocycles. The molecule has 5 nitrogen and oxygen atoms in total. The number of ether oxygens (including phenoxy) is 1. The smallest absolute Gasteiger partial charge is 0.123 e. The van der Waals surface area contributed by atoms with Gasteiger partial charge >= 0.3 is 0 Å². The van der Waals surface area contributed by atoms with Crippen LogP contribution in [0.2, 0.25) is 10.0 Å². The van der Waals surface area contributed by atoms with Gasteiger partial charge in [0.25, 0.3) is 0 Å². The number of methoxy groups -OCH3 is 1. The summed E-state index contributed by atoms with van der Waals surface area (Å²) in [5.74, 6) is 0.857. The van der Waals surface area contributed by atoms with E-state index < -0.39 is 0 Å². The molecule has 0 aliphatic carbocycles. The molecule has 0 aliphatic heterocycles. The van der Waals surface area contributed by atoms with Crippen molar-refractivity contribution in [3.8, 4) is 17.0 Å². The molecular formula is C24H22Cl2N4O. The van der Waals surface area contributed by atoms with Gasteiger partial charge in [0, 0.05) is 39.8 Å². The summed E-state index contributed by atoms with van der Waals surface area (Å²) < 4.78 is 5.44. The van der Waals surface area contributed by atoms with E-state index in [2.05, 4.69) is 5.32 Å². The van der Waals surface area contributed by atoms with E-state index in [-0.39, 0.29) is 0 Å². The van der Waals surface area contributed by atoms with Gasteiger partial charge in [0.15, 0.2) is 0 Å². The Hall–Kier alpha value is -2.86. The minimum absolute atomic E-state index is 0.394. The summed E-state index contributed by atoms with van der Waals surface area (Å²) in [4.78, 5) is 1.65. The van der Waals surface area contributed by atoms with Crippen molar-refractivity contribution in [3.05, 3.63) is 99.7 Å². The molecule has 0 atom stereocenters. The van der Waals surface area contributed by atoms with Crippen LogP contribution in [0.3, 0.4) is 0 Å². The third-order valence-corrected chi connectivity index (χ3v) is 5.64. The van der Waals surface area contributed by atoms with E-state index in [0.717, 1.165) is 33.8 Å². The molecule has 3 aromatic carbocycles. The lowest BCUT2D eigenvalue weighted by atomic mass is 10.1. The average molecular weight is 453 g/mol. The quantitative estimate of drug-likeness (QED) is 0.378. The number of hydrogen-bond donors (Lipinski definition) is 1. The van der Waals surface area contributed by atoms with Crippen molar-refractivity contribution in [1.82, 2.24) is 20.3 Å². The van der Waals surface area contributed by atoms with Gasteiger partial charge < -0.3 is 10.1 Å². The highest BCUT2D eigenvalue weighted by Gasteiger charge is 2.15. The third-order valence-electron chi connectivity index (χ3n) is 4.93. The predicted octanol–water partition coefficient (Wildman–Crippen LogP) is 5.60. The second kappa shape index (κ2) is 9.96. The SMILES string of the molecule is COc1ccccc1CNCc1nn(Cc2c(Cl)cccc2Cl)nc1-c1ccccc1. The Morgan fingerprint density at radius 3 is 2.29 bits per heavy atom. The van der Waals surface area contributed by atoms with Gasteiger partial charge in [-0.1, -0.05) is 77.8 Å². The minimum atomic E-state index is 0.394. The lowest BCUT2D eigenvalue weighted by molar-refractivity contribution is 0.407. The Labute approximate surface area is 191 Å². The van der Waals surface area contributed by atoms with Crippen LogP contribution >= 0.6 is 23.2 Å². The lowest BCUT2D eigenvalue weighted by Crippen LogP contribution is -2.14. The molecule has 1 aromatic heterocycles. The average Bonchev–Trinajstić information content (AvgIpc) is 3.20. The van der Waals surface area contributed by atoms with Crippen LogP contribution in [-0.4, -0.2) is 22.1 Å². The van der Waals surface area contributed by atoms with E-state index in [9.17, 15) is 0 Å². The van der Waals surface area contributed by atoms with Gasteiger partial charge in [-0.2, -0.15) is 15.0 Å². The van der Waals surface area contributed by atoms with E-state index in [1.165, 1.54) is 0 Å². The minimum Gasteiger partial charge on any atom is -0.496 e. The van der Waals surface area contributed by atoms with E-state index in [1.807, 2.05) is 72.8 Å². The van der Waals surface area contributed by atoms with Crippen LogP contribution < -0.4 is 10.1 Å². The van der Waals surface area contributed by atoms with E-state index in [0.29, 0.717) is 29.7 Å². The zero-order chi connectivity index (χ0) is 21.6. The standard InChI is InChI=1S/C24H22Cl2N4O/c1-31-23-13-6-5-10-18(23)14-27-15-22-24(17-8-3-2-4-9-17)29-30(28-22)16-19-20(25)11-7-12-21(19)26/h2-13,27H,14-16H2,1H3. The van der Waals surface area contributed by atoms with Crippen molar-refractivity contribution in [3.63, 3.8) is 0 Å². The number of benzene rings is 3. The summed E-state index contributed by atoms with van der Waals surface area (Å²) in [7, 11) is 1.68. The summed E-state index contributed by atoms with van der Waals surface area (Å²) in [6.07, 6.45) is 0. The topological polar surface area (TPSA) is 52.0 Å². The predicted molar refractivity (Wildman–Crippen MR) is 125 cm³/mol. The van der Waals surface area contributed by atoms with Gasteiger partial charge in [0.05, 0.1) is 13.7 Å². The van der Waals surface area contributed by atoms with Crippen LogP contribution in [0.15, 0.2) is 72.8 Å². The highest BCUT2D eigenvalue weighted by Crippen LogP contribution is 2.26. The first kappa shape index (κ1) is 21.4. The molecule has 4 rings (SSSR count). The zero-order valence-corrected chi connectivity index (χ0v) is 18.6. The van der Waals surface area contributed by atoms with Crippen LogP contribution in [0.5, 0.6) is 5.75 Å². The number of para-hydroxylation sites is 1. The Kier molecular flexibility index (Phi) is 6.87. The highest BCUT2D eigenvalue weighted by molar-refractivity contribution is 6.35. The number of nitrogens with one attached hydrogen (secondary N) is 1. The Morgan fingerprint density at radius 2 is 1.55 bits per heavy atom. The number of halogens is 2. The molecule has 0 radical (unpaired) electrons. The van der Waals surface area contributed by atoms with Crippen LogP contribution in [0.25, 0.3) is 11.3 Å². The first-order chi connectivity index (χ1) is 15.2. The maximum Gasteiger partial charge on any atom is 0.123 e. The molecule has 0 unspecified atom stereocenters. The van der Waals surface area contributed by atoms with Crippen molar-refractivity contribution >= 4 is 23.2 Å². The second-order valence-electron chi connectivity index (χ2n) is 7.01.